The van der Waals surface area contributed by atoms with E-state index in [4.69, 9.17) is 4.74 Å². The summed E-state index contributed by atoms with van der Waals surface area (Å²) in [5.41, 5.74) is 8.22. The molecule has 2 aromatic heterocycles. The zero-order valence-corrected chi connectivity index (χ0v) is 20.7. The number of pyridine rings is 2. The van der Waals surface area contributed by atoms with Crippen LogP contribution in [-0.2, 0) is 4.74 Å². The predicted molar refractivity (Wildman–Crippen MR) is 142 cm³/mol. The fourth-order valence-corrected chi connectivity index (χ4v) is 3.30. The number of allylic oxidation sites excluding steroid dienone is 9. The van der Waals surface area contributed by atoms with Gasteiger partial charge in [0.25, 0.3) is 0 Å². The molecule has 0 radical (unpaired) electrons. The van der Waals surface area contributed by atoms with Gasteiger partial charge in [-0.15, -0.1) is 0 Å². The van der Waals surface area contributed by atoms with E-state index in [0.29, 0.717) is 0 Å². The van der Waals surface area contributed by atoms with Gasteiger partial charge in [0.05, 0.1) is 18.5 Å². The average molecular weight is 441 g/mol. The first-order valence-corrected chi connectivity index (χ1v) is 11.3. The molecule has 0 aliphatic carbocycles. The lowest BCUT2D eigenvalue weighted by atomic mass is 10.0. The van der Waals surface area contributed by atoms with Crippen molar-refractivity contribution in [3.63, 3.8) is 0 Å². The Morgan fingerprint density at radius 1 is 0.909 bits per heavy atom. The van der Waals surface area contributed by atoms with Crippen molar-refractivity contribution >= 4 is 11.1 Å². The minimum absolute atomic E-state index is 0.782. The van der Waals surface area contributed by atoms with Crippen molar-refractivity contribution in [2.24, 2.45) is 0 Å². The van der Waals surface area contributed by atoms with Crippen molar-refractivity contribution in [1.82, 2.24) is 9.97 Å². The van der Waals surface area contributed by atoms with Crippen molar-refractivity contribution in [2.45, 2.75) is 47.0 Å². The zero-order chi connectivity index (χ0) is 24.2. The van der Waals surface area contributed by atoms with Crippen LogP contribution in [0.5, 0.6) is 0 Å². The van der Waals surface area contributed by atoms with Gasteiger partial charge in [-0.3, -0.25) is 9.97 Å². The lowest BCUT2D eigenvalue weighted by molar-refractivity contribution is 0.306. The van der Waals surface area contributed by atoms with Gasteiger partial charge in [-0.05, 0) is 94.5 Å². The summed E-state index contributed by atoms with van der Waals surface area (Å²) in [6.07, 6.45) is 13.2. The fourth-order valence-electron chi connectivity index (χ4n) is 3.30. The number of ether oxygens (including phenoxy) is 1. The summed E-state index contributed by atoms with van der Waals surface area (Å²) in [7, 11) is 1.68. The van der Waals surface area contributed by atoms with Crippen molar-refractivity contribution in [2.75, 3.05) is 7.11 Å². The number of hydrogen-bond acceptors (Lipinski definition) is 3. The van der Waals surface area contributed by atoms with E-state index in [1.165, 1.54) is 5.57 Å². The van der Waals surface area contributed by atoms with Gasteiger partial charge in [-0.1, -0.05) is 54.7 Å². The largest absolute Gasteiger partial charge is 0.497 e. The molecule has 2 aromatic rings. The highest BCUT2D eigenvalue weighted by Crippen LogP contribution is 2.18. The van der Waals surface area contributed by atoms with E-state index in [0.717, 1.165) is 64.5 Å². The molecule has 0 amide bonds. The van der Waals surface area contributed by atoms with Gasteiger partial charge < -0.3 is 4.74 Å². The molecular formula is C30H36N2O. The molecule has 0 saturated carbocycles. The van der Waals surface area contributed by atoms with E-state index < -0.39 is 0 Å². The zero-order valence-electron chi connectivity index (χ0n) is 20.7. The van der Waals surface area contributed by atoms with Crippen LogP contribution in [0, 0.1) is 13.8 Å². The molecule has 3 heteroatoms. The summed E-state index contributed by atoms with van der Waals surface area (Å²) in [4.78, 5) is 9.08. The third kappa shape index (κ3) is 9.28. The quantitative estimate of drug-likeness (QED) is 0.262. The summed E-state index contributed by atoms with van der Waals surface area (Å²) in [5, 5.41) is 0. The summed E-state index contributed by atoms with van der Waals surface area (Å²) < 4.78 is 5.55. The molecular weight excluding hydrogens is 404 g/mol. The molecule has 33 heavy (non-hydrogen) atoms. The molecule has 3 nitrogen and oxygen atoms in total. The SMILES string of the molecule is C=C(/C=C\C=C(/C)c1cccc(C)n1)CCC/C(C)=C/C(=C\C(=C)c1cccc(C)n1)OC. The monoisotopic (exact) mass is 440 g/mol. The van der Waals surface area contributed by atoms with Crippen molar-refractivity contribution in [3.05, 3.63) is 120 Å². The van der Waals surface area contributed by atoms with Crippen molar-refractivity contribution in [1.29, 1.82) is 0 Å². The number of aromatic nitrogens is 2. The molecule has 0 spiro atoms. The van der Waals surface area contributed by atoms with E-state index >= 15 is 0 Å². The molecule has 0 fully saturated rings. The highest BCUT2D eigenvalue weighted by atomic mass is 16.5. The molecule has 2 heterocycles. The lowest BCUT2D eigenvalue weighted by Gasteiger charge is -2.07. The fraction of sp³-hybridized carbons (Fsp3) is 0.267. The molecule has 0 bridgehead atoms. The number of aryl methyl sites for hydroxylation is 2. The number of nitrogens with zero attached hydrogens (tertiary/aromatic N) is 2. The smallest absolute Gasteiger partial charge is 0.119 e. The van der Waals surface area contributed by atoms with E-state index in [-0.39, 0.29) is 0 Å². The summed E-state index contributed by atoms with van der Waals surface area (Å²) in [5.74, 6) is 0.782. The lowest BCUT2D eigenvalue weighted by Crippen LogP contribution is -1.91. The Kier molecular flexibility index (Phi) is 10.3. The van der Waals surface area contributed by atoms with Crippen LogP contribution in [0.15, 0.2) is 96.8 Å². The van der Waals surface area contributed by atoms with E-state index in [1.54, 1.807) is 7.11 Å². The van der Waals surface area contributed by atoms with Gasteiger partial charge in [0, 0.05) is 11.4 Å². The number of rotatable bonds is 11. The van der Waals surface area contributed by atoms with Crippen LogP contribution in [0.2, 0.25) is 0 Å². The normalized spacial score (nSPS) is 12.8. The second-order valence-electron chi connectivity index (χ2n) is 8.32. The highest BCUT2D eigenvalue weighted by Gasteiger charge is 2.02. The Hall–Kier alpha value is -3.46. The topological polar surface area (TPSA) is 35.0 Å². The van der Waals surface area contributed by atoms with Crippen LogP contribution in [0.3, 0.4) is 0 Å². The number of hydrogen-bond donors (Lipinski definition) is 0. The Morgan fingerprint density at radius 2 is 1.55 bits per heavy atom. The molecule has 0 unspecified atom stereocenters. The Morgan fingerprint density at radius 3 is 2.18 bits per heavy atom. The summed E-state index contributed by atoms with van der Waals surface area (Å²) in [6.45, 7) is 16.5. The number of methoxy groups -OCH3 is 1. The molecule has 2 rings (SSSR count). The maximum absolute atomic E-state index is 5.55. The highest BCUT2D eigenvalue weighted by molar-refractivity contribution is 5.70. The van der Waals surface area contributed by atoms with Gasteiger partial charge in [-0.25, -0.2) is 0 Å². The van der Waals surface area contributed by atoms with Gasteiger partial charge >= 0.3 is 0 Å². The summed E-state index contributed by atoms with van der Waals surface area (Å²) >= 11 is 0. The molecule has 0 N–H and O–H groups in total. The van der Waals surface area contributed by atoms with Crippen LogP contribution in [0.4, 0.5) is 0 Å². The maximum atomic E-state index is 5.55. The van der Waals surface area contributed by atoms with Crippen molar-refractivity contribution in [3.8, 4) is 0 Å². The Bertz CT molecular complexity index is 1100. The van der Waals surface area contributed by atoms with Crippen LogP contribution < -0.4 is 0 Å². The average Bonchev–Trinajstić information content (AvgIpc) is 2.78. The molecule has 0 aromatic carbocycles. The van der Waals surface area contributed by atoms with Crippen molar-refractivity contribution < 1.29 is 4.74 Å². The summed E-state index contributed by atoms with van der Waals surface area (Å²) in [6, 6.07) is 12.0. The third-order valence-electron chi connectivity index (χ3n) is 5.20. The van der Waals surface area contributed by atoms with Crippen LogP contribution in [-0.4, -0.2) is 17.1 Å². The van der Waals surface area contributed by atoms with E-state index in [9.17, 15) is 0 Å². The molecule has 0 atom stereocenters. The maximum Gasteiger partial charge on any atom is 0.119 e. The minimum Gasteiger partial charge on any atom is -0.497 e. The van der Waals surface area contributed by atoms with Gasteiger partial charge in [0.1, 0.15) is 5.76 Å². The Balaban J connectivity index is 1.86. The predicted octanol–water partition coefficient (Wildman–Crippen LogP) is 7.97. The van der Waals surface area contributed by atoms with Crippen LogP contribution in [0.25, 0.3) is 11.1 Å². The van der Waals surface area contributed by atoms with Gasteiger partial charge in [-0.2, -0.15) is 0 Å². The molecule has 0 aliphatic rings. The van der Waals surface area contributed by atoms with E-state index in [1.807, 2.05) is 56.3 Å². The van der Waals surface area contributed by atoms with Gasteiger partial charge in [0.15, 0.2) is 0 Å². The first kappa shape index (κ1) is 25.8. The molecule has 0 saturated heterocycles. The minimum atomic E-state index is 0.782. The standard InChI is InChI=1S/C30H36N2O/c1-22(13-9-15-24(3)29-18-10-16-26(5)31-29)12-8-14-23(2)20-28(33-7)21-25(4)30-19-11-17-27(6)32-30/h9-11,13,15-21H,1,4,8,12,14H2,2-3,5-7H3/b13-9-,23-20+,24-15+,28-21+. The second-order valence-corrected chi connectivity index (χ2v) is 8.32. The first-order valence-electron chi connectivity index (χ1n) is 11.3. The van der Waals surface area contributed by atoms with E-state index in [2.05, 4.69) is 61.3 Å². The molecule has 172 valence electrons. The van der Waals surface area contributed by atoms with Crippen LogP contribution in [0.1, 0.15) is 55.9 Å². The van der Waals surface area contributed by atoms with Gasteiger partial charge in [0.2, 0.25) is 0 Å². The molecule has 0 aliphatic heterocycles. The third-order valence-corrected chi connectivity index (χ3v) is 5.20. The first-order chi connectivity index (χ1) is 15.8. The van der Waals surface area contributed by atoms with Crippen LogP contribution >= 0.6 is 0 Å². The second kappa shape index (κ2) is 13.2. The Labute approximate surface area is 199 Å².